The van der Waals surface area contributed by atoms with Crippen LogP contribution in [-0.2, 0) is 16.6 Å². The minimum Gasteiger partial charge on any atom is -0.479 e. The SMILES string of the molecule is Cc1cc2nc(-c3ccc4c(c3)n(C3CCN(C)CC3)c(=O)n4C)sc2c(-c2ccc(Cl)cc2)c1[C@H](OC(C)(C)C)C(=O)O. The molecule has 2 aromatic heterocycles. The Morgan fingerprint density at radius 1 is 1.05 bits per heavy atom. The Labute approximate surface area is 265 Å². The lowest BCUT2D eigenvalue weighted by Crippen LogP contribution is -2.35. The maximum absolute atomic E-state index is 13.4. The second kappa shape index (κ2) is 11.5. The number of carboxylic acid groups (broad SMARTS) is 1. The fourth-order valence-electron chi connectivity index (χ4n) is 6.27. The van der Waals surface area contributed by atoms with Crippen LogP contribution in [0.1, 0.15) is 56.9 Å². The second-order valence-corrected chi connectivity index (χ2v) is 14.2. The van der Waals surface area contributed by atoms with Crippen molar-refractivity contribution in [3.63, 3.8) is 0 Å². The molecular formula is C34H37ClN4O4S. The third-order valence-electron chi connectivity index (χ3n) is 8.41. The monoisotopic (exact) mass is 632 g/mol. The van der Waals surface area contributed by atoms with Crippen molar-refractivity contribution in [1.29, 1.82) is 0 Å². The first-order valence-corrected chi connectivity index (χ1v) is 16.0. The van der Waals surface area contributed by atoms with Crippen LogP contribution in [0.3, 0.4) is 0 Å². The molecule has 1 fully saturated rings. The summed E-state index contributed by atoms with van der Waals surface area (Å²) < 4.78 is 10.7. The Morgan fingerprint density at radius 2 is 1.70 bits per heavy atom. The number of nitrogens with zero attached hydrogens (tertiary/aromatic N) is 4. The predicted octanol–water partition coefficient (Wildman–Crippen LogP) is 7.45. The van der Waals surface area contributed by atoms with Gasteiger partial charge in [0.15, 0.2) is 6.10 Å². The molecular weight excluding hydrogens is 596 g/mol. The molecule has 10 heteroatoms. The van der Waals surface area contributed by atoms with E-state index in [1.165, 1.54) is 11.3 Å². The van der Waals surface area contributed by atoms with Crippen molar-refractivity contribution in [2.75, 3.05) is 20.1 Å². The van der Waals surface area contributed by atoms with E-state index < -0.39 is 17.7 Å². The van der Waals surface area contributed by atoms with Crippen LogP contribution < -0.4 is 5.69 Å². The van der Waals surface area contributed by atoms with Crippen LogP contribution in [-0.4, -0.2) is 55.8 Å². The van der Waals surface area contributed by atoms with Crippen molar-refractivity contribution in [1.82, 2.24) is 19.0 Å². The number of fused-ring (bicyclic) bond motifs is 2. The molecule has 8 nitrogen and oxygen atoms in total. The Bertz CT molecular complexity index is 1940. The minimum atomic E-state index is -1.18. The number of imidazole rings is 1. The van der Waals surface area contributed by atoms with E-state index in [2.05, 4.69) is 18.0 Å². The lowest BCUT2D eigenvalue weighted by Gasteiger charge is -2.29. The number of rotatable bonds is 6. The molecule has 0 saturated carbocycles. The third kappa shape index (κ3) is 5.58. The molecule has 1 saturated heterocycles. The topological polar surface area (TPSA) is 89.6 Å². The summed E-state index contributed by atoms with van der Waals surface area (Å²) in [6, 6.07) is 15.6. The largest absolute Gasteiger partial charge is 0.479 e. The lowest BCUT2D eigenvalue weighted by molar-refractivity contribution is -0.160. The molecule has 0 radical (unpaired) electrons. The van der Waals surface area contributed by atoms with Crippen LogP contribution in [0, 0.1) is 6.92 Å². The maximum atomic E-state index is 13.4. The summed E-state index contributed by atoms with van der Waals surface area (Å²) in [5, 5.41) is 11.8. The van der Waals surface area contributed by atoms with E-state index in [4.69, 9.17) is 21.3 Å². The summed E-state index contributed by atoms with van der Waals surface area (Å²) in [7, 11) is 3.95. The van der Waals surface area contributed by atoms with E-state index in [0.717, 1.165) is 74.4 Å². The van der Waals surface area contributed by atoms with Crippen molar-refractivity contribution < 1.29 is 14.6 Å². The number of aryl methyl sites for hydroxylation is 2. The molecule has 44 heavy (non-hydrogen) atoms. The van der Waals surface area contributed by atoms with Gasteiger partial charge in [-0.1, -0.05) is 23.7 Å². The van der Waals surface area contributed by atoms with Gasteiger partial charge < -0.3 is 14.7 Å². The third-order valence-corrected chi connectivity index (χ3v) is 9.80. The van der Waals surface area contributed by atoms with Gasteiger partial charge in [0.05, 0.1) is 26.9 Å². The lowest BCUT2D eigenvalue weighted by atomic mass is 9.91. The molecule has 0 aliphatic carbocycles. The van der Waals surface area contributed by atoms with Crippen LogP contribution in [0.15, 0.2) is 53.3 Å². The molecule has 230 valence electrons. The van der Waals surface area contributed by atoms with E-state index >= 15 is 0 Å². The van der Waals surface area contributed by atoms with E-state index in [1.54, 1.807) is 4.57 Å². The normalized spacial score (nSPS) is 15.8. The average molecular weight is 633 g/mol. The second-order valence-electron chi connectivity index (χ2n) is 12.8. The molecule has 5 aromatic rings. The van der Waals surface area contributed by atoms with Crippen LogP contribution in [0.2, 0.25) is 5.02 Å². The van der Waals surface area contributed by atoms with Gasteiger partial charge in [-0.05, 0) is 108 Å². The fraction of sp³-hybridized carbons (Fsp3) is 0.382. The summed E-state index contributed by atoms with van der Waals surface area (Å²) >= 11 is 7.77. The number of carbonyl (C=O) groups is 1. The van der Waals surface area contributed by atoms with Crippen molar-refractivity contribution in [3.05, 3.63) is 75.2 Å². The average Bonchev–Trinajstić information content (AvgIpc) is 3.49. The number of hydrogen-bond acceptors (Lipinski definition) is 6. The zero-order valence-corrected chi connectivity index (χ0v) is 27.4. The van der Waals surface area contributed by atoms with Crippen LogP contribution in [0.5, 0.6) is 0 Å². The quantitative estimate of drug-likeness (QED) is 0.209. The first kappa shape index (κ1) is 30.5. The molecule has 6 rings (SSSR count). The molecule has 0 spiro atoms. The van der Waals surface area contributed by atoms with Gasteiger partial charge >= 0.3 is 11.7 Å². The summed E-state index contributed by atoms with van der Waals surface area (Å²) in [5.41, 5.74) is 5.80. The van der Waals surface area contributed by atoms with Gasteiger partial charge in [0.2, 0.25) is 0 Å². The van der Waals surface area contributed by atoms with E-state index in [0.29, 0.717) is 10.6 Å². The highest BCUT2D eigenvalue weighted by Gasteiger charge is 2.32. The molecule has 3 heterocycles. The first-order valence-electron chi connectivity index (χ1n) is 14.8. The van der Waals surface area contributed by atoms with Crippen molar-refractivity contribution in [2.45, 2.75) is 58.3 Å². The van der Waals surface area contributed by atoms with Crippen LogP contribution in [0.25, 0.3) is 42.9 Å². The van der Waals surface area contributed by atoms with Gasteiger partial charge in [0.1, 0.15) is 5.01 Å². The first-order chi connectivity index (χ1) is 20.8. The van der Waals surface area contributed by atoms with Crippen LogP contribution in [0.4, 0.5) is 0 Å². The molecule has 3 aromatic carbocycles. The Balaban J connectivity index is 1.56. The zero-order valence-electron chi connectivity index (χ0n) is 25.8. The molecule has 1 aliphatic heterocycles. The molecule has 1 atom stereocenters. The molecule has 0 unspecified atom stereocenters. The van der Waals surface area contributed by atoms with Gasteiger partial charge in [-0.2, -0.15) is 0 Å². The number of likely N-dealkylation sites (tertiary alicyclic amines) is 1. The Hall–Kier alpha value is -3.50. The summed E-state index contributed by atoms with van der Waals surface area (Å²) in [6.07, 6.45) is 0.670. The number of piperidine rings is 1. The van der Waals surface area contributed by atoms with Crippen molar-refractivity contribution in [2.24, 2.45) is 7.05 Å². The summed E-state index contributed by atoms with van der Waals surface area (Å²) in [5.74, 6) is -1.05. The highest BCUT2D eigenvalue weighted by Crippen LogP contribution is 2.44. The van der Waals surface area contributed by atoms with Gasteiger partial charge in [0.25, 0.3) is 0 Å². The van der Waals surface area contributed by atoms with E-state index in [9.17, 15) is 14.7 Å². The standard InChI is InChI=1S/C34H37ClN4O4S/c1-19-17-24-30(28(20-7-10-22(35)11-8-20)27(19)29(32(40)41)43-34(2,3)4)44-31(36-24)21-9-12-25-26(18-21)39(33(42)38(25)6)23-13-15-37(5)16-14-23/h7-12,17-18,23,29H,13-16H2,1-6H3,(H,40,41)/t29-/m0/s1. The van der Waals surface area contributed by atoms with Crippen LogP contribution >= 0.6 is 22.9 Å². The highest BCUT2D eigenvalue weighted by molar-refractivity contribution is 7.22. The predicted molar refractivity (Wildman–Crippen MR) is 178 cm³/mol. The maximum Gasteiger partial charge on any atom is 0.337 e. The smallest absolute Gasteiger partial charge is 0.337 e. The molecule has 1 N–H and O–H groups in total. The summed E-state index contributed by atoms with van der Waals surface area (Å²) in [4.78, 5) is 33.4. The van der Waals surface area contributed by atoms with Gasteiger partial charge in [-0.25, -0.2) is 14.6 Å². The number of ether oxygens (including phenoxy) is 1. The molecule has 0 bridgehead atoms. The minimum absolute atomic E-state index is 0.000134. The number of aromatic nitrogens is 3. The fourth-order valence-corrected chi connectivity index (χ4v) is 7.52. The van der Waals surface area contributed by atoms with Crippen molar-refractivity contribution >= 4 is 50.2 Å². The number of halogens is 1. The van der Waals surface area contributed by atoms with Crippen molar-refractivity contribution in [3.8, 4) is 21.7 Å². The number of hydrogen-bond donors (Lipinski definition) is 1. The Kier molecular flexibility index (Phi) is 7.94. The number of carboxylic acids is 1. The summed E-state index contributed by atoms with van der Waals surface area (Å²) in [6.45, 7) is 9.38. The van der Waals surface area contributed by atoms with Gasteiger partial charge in [0, 0.05) is 34.8 Å². The van der Waals surface area contributed by atoms with Gasteiger partial charge in [-0.3, -0.25) is 9.13 Å². The molecule has 0 amide bonds. The van der Waals surface area contributed by atoms with E-state index in [1.807, 2.05) is 81.8 Å². The zero-order chi connectivity index (χ0) is 31.5. The Morgan fingerprint density at radius 3 is 2.34 bits per heavy atom. The van der Waals surface area contributed by atoms with Gasteiger partial charge in [-0.15, -0.1) is 11.3 Å². The number of benzene rings is 3. The molecule has 1 aliphatic rings. The number of thiazole rings is 1. The number of aliphatic carboxylic acids is 1. The highest BCUT2D eigenvalue weighted by atomic mass is 35.5. The van der Waals surface area contributed by atoms with E-state index in [-0.39, 0.29) is 11.7 Å².